The number of likely N-dealkylation sites (tertiary alicyclic amines) is 2. The van der Waals surface area contributed by atoms with Crippen LogP contribution in [0.1, 0.15) is 100 Å². The lowest BCUT2D eigenvalue weighted by atomic mass is 9.93. The number of piperidine rings is 2. The molecule has 2 aromatic carbocycles. The van der Waals surface area contributed by atoms with E-state index in [-0.39, 0.29) is 40.7 Å². The average Bonchev–Trinajstić information content (AvgIpc) is 3.83. The minimum absolute atomic E-state index is 0.0135. The van der Waals surface area contributed by atoms with Gasteiger partial charge in [0.25, 0.3) is 5.91 Å². The number of benzene rings is 2. The van der Waals surface area contributed by atoms with Gasteiger partial charge in [0.1, 0.15) is 11.5 Å². The van der Waals surface area contributed by atoms with Gasteiger partial charge in [0.05, 0.1) is 17.4 Å². The fraction of sp³-hybridized carbons (Fsp3) is 0.488. The van der Waals surface area contributed by atoms with E-state index in [9.17, 15) is 27.6 Å². The van der Waals surface area contributed by atoms with Gasteiger partial charge in [-0.15, -0.1) is 0 Å². The van der Waals surface area contributed by atoms with Crippen molar-refractivity contribution in [3.05, 3.63) is 93.9 Å². The van der Waals surface area contributed by atoms with E-state index in [1.54, 1.807) is 6.07 Å². The zero-order valence-corrected chi connectivity index (χ0v) is 33.4. The molecule has 2 saturated heterocycles. The molecule has 15 heteroatoms. The van der Waals surface area contributed by atoms with Crippen molar-refractivity contribution >= 4 is 41.0 Å². The van der Waals surface area contributed by atoms with E-state index in [2.05, 4.69) is 46.6 Å². The summed E-state index contributed by atoms with van der Waals surface area (Å²) < 4.78 is 48.7. The Balaban J connectivity index is 0.000000216. The number of alkyl halides is 3. The molecule has 2 unspecified atom stereocenters. The van der Waals surface area contributed by atoms with E-state index in [1.807, 2.05) is 51.1 Å². The van der Waals surface area contributed by atoms with E-state index in [4.69, 9.17) is 20.6 Å². The van der Waals surface area contributed by atoms with Crippen molar-refractivity contribution in [1.29, 1.82) is 0 Å². The van der Waals surface area contributed by atoms with Crippen molar-refractivity contribution in [2.75, 3.05) is 36.8 Å². The second-order valence-corrected chi connectivity index (χ2v) is 16.9. The average molecular weight is 799 g/mol. The second-order valence-electron chi connectivity index (χ2n) is 16.5. The summed E-state index contributed by atoms with van der Waals surface area (Å²) in [7, 11) is 0. The third-order valence-electron chi connectivity index (χ3n) is 9.74. The van der Waals surface area contributed by atoms with Gasteiger partial charge in [-0.3, -0.25) is 19.3 Å². The van der Waals surface area contributed by atoms with Crippen LogP contribution in [-0.4, -0.2) is 64.0 Å². The van der Waals surface area contributed by atoms with Crippen molar-refractivity contribution in [3.63, 3.8) is 0 Å². The number of halogens is 4. The molecule has 0 bridgehead atoms. The van der Waals surface area contributed by atoms with Crippen LogP contribution >= 0.6 is 11.6 Å². The summed E-state index contributed by atoms with van der Waals surface area (Å²) in [5, 5.41) is 14.2. The number of amides is 3. The fourth-order valence-electron chi connectivity index (χ4n) is 6.45. The van der Waals surface area contributed by atoms with E-state index < -0.39 is 23.6 Å². The van der Waals surface area contributed by atoms with E-state index in [0.29, 0.717) is 36.8 Å². The van der Waals surface area contributed by atoms with Crippen LogP contribution in [0.4, 0.5) is 24.8 Å². The monoisotopic (exact) mass is 798 g/mol. The van der Waals surface area contributed by atoms with Gasteiger partial charge in [0, 0.05) is 59.7 Å². The minimum Gasteiger partial charge on any atom is -0.359 e. The number of rotatable bonds is 7. The lowest BCUT2D eigenvalue weighted by Crippen LogP contribution is -2.43. The van der Waals surface area contributed by atoms with Crippen LogP contribution in [0, 0.1) is 11.8 Å². The Morgan fingerprint density at radius 3 is 1.73 bits per heavy atom. The van der Waals surface area contributed by atoms with Gasteiger partial charge in [-0.05, 0) is 74.2 Å². The van der Waals surface area contributed by atoms with Crippen LogP contribution in [-0.2, 0) is 33.1 Å². The first-order valence-corrected chi connectivity index (χ1v) is 19.1. The Morgan fingerprint density at radius 2 is 1.25 bits per heavy atom. The highest BCUT2D eigenvalue weighted by Crippen LogP contribution is 2.30. The number of hydrogen-bond acceptors (Lipinski definition) is 8. The Labute approximate surface area is 330 Å². The number of carbonyl (C=O) groups is 3. The van der Waals surface area contributed by atoms with E-state index in [1.165, 1.54) is 10.5 Å². The first-order valence-electron chi connectivity index (χ1n) is 18.8. The zero-order chi connectivity index (χ0) is 40.8. The molecule has 4 heterocycles. The van der Waals surface area contributed by atoms with Gasteiger partial charge in [-0.1, -0.05) is 75.6 Å². The third-order valence-corrected chi connectivity index (χ3v) is 9.99. The number of carbonyl (C=O) groups excluding carboxylic acids is 3. The molecule has 2 aliphatic heterocycles. The Kier molecular flexibility index (Phi) is 13.4. The summed E-state index contributed by atoms with van der Waals surface area (Å²) >= 11 is 5.95. The number of nitrogens with zero attached hydrogens (tertiary/aromatic N) is 4. The maximum Gasteiger partial charge on any atom is 0.416 e. The summed E-state index contributed by atoms with van der Waals surface area (Å²) in [6.45, 7) is 15.3. The molecule has 11 nitrogen and oxygen atoms in total. The van der Waals surface area contributed by atoms with Crippen LogP contribution in [0.15, 0.2) is 69.7 Å². The first-order chi connectivity index (χ1) is 26.3. The standard InChI is InChI=1S/C21H24F3N3O3.C20H26ClN3O2/c1-20(2,3)16-11-17(26-30-16)25-18(28)14-5-4-10-27(12-14)19(29)13-6-8-15(9-7-13)21(22,23)24;1-20(2,3)17-11-18(23-26-17)22-19(25)15-5-4-10-24(13-15)12-14-6-8-16(21)9-7-14/h6-9,11,14H,4-5,10,12H2,1-3H3,(H,25,26,28);6-9,11,15H,4-5,10,12-13H2,1-3H3,(H,22,23,25). The molecule has 6 rings (SSSR count). The molecular formula is C41H50ClF3N6O5. The number of hydrogen-bond donors (Lipinski definition) is 2. The molecule has 2 aromatic heterocycles. The third kappa shape index (κ3) is 11.7. The molecule has 2 fully saturated rings. The summed E-state index contributed by atoms with van der Waals surface area (Å²) in [6.07, 6.45) is -1.32. The van der Waals surface area contributed by atoms with Crippen molar-refractivity contribution in [1.82, 2.24) is 20.1 Å². The van der Waals surface area contributed by atoms with Crippen molar-refractivity contribution in [3.8, 4) is 0 Å². The molecule has 2 N–H and O–H groups in total. The summed E-state index contributed by atoms with van der Waals surface area (Å²) in [5.41, 5.74) is 0.191. The highest BCUT2D eigenvalue weighted by molar-refractivity contribution is 6.30. The van der Waals surface area contributed by atoms with Crippen LogP contribution < -0.4 is 10.6 Å². The molecular weight excluding hydrogens is 749 g/mol. The quantitative estimate of drug-likeness (QED) is 0.189. The summed E-state index contributed by atoms with van der Waals surface area (Å²) in [6, 6.07) is 15.5. The van der Waals surface area contributed by atoms with Gasteiger partial charge in [0.2, 0.25) is 11.8 Å². The van der Waals surface area contributed by atoms with Gasteiger partial charge < -0.3 is 24.6 Å². The molecule has 56 heavy (non-hydrogen) atoms. The normalized spacial score (nSPS) is 18.1. The first kappa shape index (κ1) is 42.5. The lowest BCUT2D eigenvalue weighted by molar-refractivity contribution is -0.137. The van der Waals surface area contributed by atoms with Gasteiger partial charge in [-0.25, -0.2) is 0 Å². The predicted molar refractivity (Wildman–Crippen MR) is 207 cm³/mol. The second kappa shape index (κ2) is 17.6. The fourth-order valence-corrected chi connectivity index (χ4v) is 6.58. The minimum atomic E-state index is -4.45. The molecule has 302 valence electrons. The van der Waals surface area contributed by atoms with Crippen molar-refractivity contribution in [2.45, 2.75) is 90.8 Å². The van der Waals surface area contributed by atoms with Crippen LogP contribution in [0.25, 0.3) is 0 Å². The Bertz CT molecular complexity index is 1950. The van der Waals surface area contributed by atoms with E-state index in [0.717, 1.165) is 67.5 Å². The highest BCUT2D eigenvalue weighted by Gasteiger charge is 2.33. The molecule has 2 aliphatic rings. The van der Waals surface area contributed by atoms with Crippen molar-refractivity contribution < 1.29 is 36.6 Å². The van der Waals surface area contributed by atoms with E-state index >= 15 is 0 Å². The number of nitrogens with one attached hydrogen (secondary N) is 2. The van der Waals surface area contributed by atoms with Crippen LogP contribution in [0.5, 0.6) is 0 Å². The molecule has 3 amide bonds. The highest BCUT2D eigenvalue weighted by atomic mass is 35.5. The maximum atomic E-state index is 12.7. The SMILES string of the molecule is CC(C)(C)c1cc(NC(=O)C2CCCN(C(=O)c3ccc(C(F)(F)F)cc3)C2)no1.CC(C)(C)c1cc(NC(=O)C2CCCN(Cc3ccc(Cl)cc3)C2)no1. The van der Waals surface area contributed by atoms with Gasteiger partial charge >= 0.3 is 6.18 Å². The largest absolute Gasteiger partial charge is 0.416 e. The Hall–Kier alpha value is -4.69. The zero-order valence-electron chi connectivity index (χ0n) is 32.6. The number of aromatic nitrogens is 2. The molecule has 0 radical (unpaired) electrons. The maximum absolute atomic E-state index is 12.7. The summed E-state index contributed by atoms with van der Waals surface area (Å²) in [5.74, 6) is 1.09. The van der Waals surface area contributed by atoms with Crippen LogP contribution in [0.2, 0.25) is 5.02 Å². The lowest BCUT2D eigenvalue weighted by Gasteiger charge is -2.32. The topological polar surface area (TPSA) is 134 Å². The van der Waals surface area contributed by atoms with Crippen LogP contribution in [0.3, 0.4) is 0 Å². The van der Waals surface area contributed by atoms with Gasteiger partial charge in [-0.2, -0.15) is 13.2 Å². The molecule has 2 atom stereocenters. The molecule has 4 aromatic rings. The summed E-state index contributed by atoms with van der Waals surface area (Å²) in [4.78, 5) is 41.8. The Morgan fingerprint density at radius 1 is 0.750 bits per heavy atom. The molecule has 0 spiro atoms. The van der Waals surface area contributed by atoms with Gasteiger partial charge in [0.15, 0.2) is 11.6 Å². The molecule has 0 aliphatic carbocycles. The predicted octanol–water partition coefficient (Wildman–Crippen LogP) is 8.96. The van der Waals surface area contributed by atoms with Crippen molar-refractivity contribution in [2.24, 2.45) is 11.8 Å². The molecule has 0 saturated carbocycles. The number of anilines is 2. The smallest absolute Gasteiger partial charge is 0.359 e.